The van der Waals surface area contributed by atoms with Crippen LogP contribution >= 0.6 is 18.7 Å². The van der Waals surface area contributed by atoms with E-state index in [9.17, 15) is 14.2 Å². The predicted molar refractivity (Wildman–Crippen MR) is 118 cm³/mol. The van der Waals surface area contributed by atoms with Crippen molar-refractivity contribution < 1.29 is 14.2 Å². The van der Waals surface area contributed by atoms with E-state index in [0.29, 0.717) is 23.2 Å². The number of halogens is 1. The van der Waals surface area contributed by atoms with Gasteiger partial charge in [0.15, 0.2) is 0 Å². The Morgan fingerprint density at radius 3 is 1.93 bits per heavy atom. The maximum absolute atomic E-state index is 12.4. The van der Waals surface area contributed by atoms with Gasteiger partial charge in [-0.1, -0.05) is 75.2 Å². The summed E-state index contributed by atoms with van der Waals surface area (Å²) in [5, 5.41) is 2.38. The fraction of sp³-hybridized carbons (Fsp3) is 0.364. The summed E-state index contributed by atoms with van der Waals surface area (Å²) in [5.74, 6) is 0.306. The molecule has 0 aliphatic carbocycles. The lowest BCUT2D eigenvalue weighted by molar-refractivity contribution is 0.0959. The molecule has 0 saturated heterocycles. The zero-order chi connectivity index (χ0) is 21.0. The number of hydrogen-bond donors (Lipinski definition) is 1. The molecule has 0 aliphatic rings. The summed E-state index contributed by atoms with van der Waals surface area (Å²) in [7, 11) is -2.28. The molecule has 2 atom stereocenters. The second kappa shape index (κ2) is 12.5. The Morgan fingerprint density at radius 1 is 1.00 bits per heavy atom. The monoisotopic (exact) mass is 421 g/mol. The number of hydrogen-bond acceptors (Lipinski definition) is 3. The molecule has 0 saturated carbocycles. The van der Waals surface area contributed by atoms with Crippen molar-refractivity contribution in [2.45, 2.75) is 26.7 Å². The summed E-state index contributed by atoms with van der Waals surface area (Å²) in [6, 6.07) is 17.8. The molecule has 0 radical (unpaired) electrons. The van der Waals surface area contributed by atoms with Gasteiger partial charge in [-0.2, -0.15) is 0 Å². The Labute approximate surface area is 173 Å². The van der Waals surface area contributed by atoms with Gasteiger partial charge in [0, 0.05) is 17.3 Å². The predicted octanol–water partition coefficient (Wildman–Crippen LogP) is 5.87. The summed E-state index contributed by atoms with van der Waals surface area (Å²) in [6.07, 6.45) is 3.19. The maximum Gasteiger partial charge on any atom is 0.252 e. The van der Waals surface area contributed by atoms with Crippen molar-refractivity contribution in [1.82, 2.24) is 5.32 Å². The minimum atomic E-state index is -2.28. The number of rotatable bonds is 8. The third kappa shape index (κ3) is 9.87. The standard InChI is InChI=1S/C15H24NO2P.C7H5ClO/c1-4-8-13(2)11-19(3,18)12-16-15(17)14-9-6-5-7-10-14;8-7(9)6-4-2-1-3-5-6/h5-7,9-10,13H,4,8,11-12H2,1-3H3,(H,16,17);1-5H. The lowest BCUT2D eigenvalue weighted by atomic mass is 10.1. The molecule has 0 spiro atoms. The number of amides is 1. The molecule has 0 heterocycles. The molecule has 152 valence electrons. The van der Waals surface area contributed by atoms with E-state index >= 15 is 0 Å². The molecule has 2 unspecified atom stereocenters. The second-order valence-corrected chi connectivity index (χ2v) is 10.7. The molecule has 0 fully saturated rings. The topological polar surface area (TPSA) is 63.2 Å². The Hall–Kier alpha value is -1.90. The molecule has 1 N–H and O–H groups in total. The Bertz CT molecular complexity index is 781. The van der Waals surface area contributed by atoms with Crippen LogP contribution in [0.2, 0.25) is 0 Å². The van der Waals surface area contributed by atoms with Crippen molar-refractivity contribution in [3.63, 3.8) is 0 Å². The molecule has 4 nitrogen and oxygen atoms in total. The zero-order valence-electron chi connectivity index (χ0n) is 16.7. The van der Waals surface area contributed by atoms with Gasteiger partial charge < -0.3 is 9.88 Å². The highest BCUT2D eigenvalue weighted by molar-refractivity contribution is 7.63. The van der Waals surface area contributed by atoms with Crippen molar-refractivity contribution in [3.05, 3.63) is 71.8 Å². The number of benzene rings is 2. The van der Waals surface area contributed by atoms with Gasteiger partial charge in [0.1, 0.15) is 7.14 Å². The highest BCUT2D eigenvalue weighted by Gasteiger charge is 2.20. The molecule has 28 heavy (non-hydrogen) atoms. The zero-order valence-corrected chi connectivity index (χ0v) is 18.4. The van der Waals surface area contributed by atoms with Gasteiger partial charge in [0.25, 0.3) is 11.1 Å². The first-order valence-corrected chi connectivity index (χ1v) is 12.3. The second-order valence-electron chi connectivity index (χ2n) is 7.04. The Balaban J connectivity index is 0.000000362. The molecular formula is C22H29ClNO3P. The lowest BCUT2D eigenvalue weighted by Crippen LogP contribution is -2.25. The summed E-state index contributed by atoms with van der Waals surface area (Å²) < 4.78 is 12.4. The van der Waals surface area contributed by atoms with E-state index in [2.05, 4.69) is 19.2 Å². The molecule has 1 amide bonds. The van der Waals surface area contributed by atoms with Gasteiger partial charge in [-0.15, -0.1) is 0 Å². The molecule has 0 aromatic heterocycles. The van der Waals surface area contributed by atoms with Gasteiger partial charge >= 0.3 is 0 Å². The number of carbonyl (C=O) groups is 2. The van der Waals surface area contributed by atoms with Crippen molar-refractivity contribution >= 4 is 29.9 Å². The minimum Gasteiger partial charge on any atom is -0.345 e. The van der Waals surface area contributed by atoms with Gasteiger partial charge in [-0.3, -0.25) is 9.59 Å². The quantitative estimate of drug-likeness (QED) is 0.428. The van der Waals surface area contributed by atoms with E-state index < -0.39 is 12.4 Å². The summed E-state index contributed by atoms with van der Waals surface area (Å²) in [4.78, 5) is 22.3. The first-order valence-electron chi connectivity index (χ1n) is 9.39. The summed E-state index contributed by atoms with van der Waals surface area (Å²) in [5.41, 5.74) is 1.16. The third-order valence-electron chi connectivity index (χ3n) is 4.09. The van der Waals surface area contributed by atoms with E-state index in [1.165, 1.54) is 0 Å². The highest BCUT2D eigenvalue weighted by Crippen LogP contribution is 2.42. The van der Waals surface area contributed by atoms with Crippen molar-refractivity contribution in [3.8, 4) is 0 Å². The summed E-state index contributed by atoms with van der Waals surface area (Å²) in [6.45, 7) is 6.04. The summed E-state index contributed by atoms with van der Waals surface area (Å²) >= 11 is 5.16. The first kappa shape index (κ1) is 24.1. The van der Waals surface area contributed by atoms with Crippen LogP contribution in [-0.4, -0.2) is 30.3 Å². The maximum atomic E-state index is 12.4. The van der Waals surface area contributed by atoms with Crippen LogP contribution in [0, 0.1) is 5.92 Å². The van der Waals surface area contributed by atoms with Crippen LogP contribution in [-0.2, 0) is 4.57 Å². The average molecular weight is 422 g/mol. The molecule has 2 aromatic rings. The third-order valence-corrected chi connectivity index (χ3v) is 6.53. The van der Waals surface area contributed by atoms with E-state index in [1.54, 1.807) is 43.1 Å². The minimum absolute atomic E-state index is 0.147. The lowest BCUT2D eigenvalue weighted by Gasteiger charge is -2.18. The molecule has 2 aromatic carbocycles. The number of carbonyl (C=O) groups excluding carboxylic acids is 2. The molecular weight excluding hydrogens is 393 g/mol. The van der Waals surface area contributed by atoms with Crippen LogP contribution in [0.15, 0.2) is 60.7 Å². The fourth-order valence-electron chi connectivity index (χ4n) is 2.81. The smallest absolute Gasteiger partial charge is 0.252 e. The van der Waals surface area contributed by atoms with Gasteiger partial charge in [-0.05, 0) is 36.3 Å². The highest BCUT2D eigenvalue weighted by atomic mass is 35.5. The van der Waals surface area contributed by atoms with E-state index in [1.807, 2.05) is 24.3 Å². The van der Waals surface area contributed by atoms with E-state index in [4.69, 9.17) is 11.6 Å². The largest absolute Gasteiger partial charge is 0.345 e. The van der Waals surface area contributed by atoms with Crippen molar-refractivity contribution in [1.29, 1.82) is 0 Å². The van der Waals surface area contributed by atoms with Crippen LogP contribution in [0.5, 0.6) is 0 Å². The van der Waals surface area contributed by atoms with Crippen LogP contribution in [0.4, 0.5) is 0 Å². The SMILES string of the molecule is CCCC(C)CP(C)(=O)CNC(=O)c1ccccc1.O=C(Cl)c1ccccc1. The van der Waals surface area contributed by atoms with Crippen LogP contribution in [0.25, 0.3) is 0 Å². The molecule has 0 bridgehead atoms. The Morgan fingerprint density at radius 2 is 1.50 bits per heavy atom. The van der Waals surface area contributed by atoms with Crippen LogP contribution in [0.3, 0.4) is 0 Å². The van der Waals surface area contributed by atoms with Gasteiger partial charge in [0.05, 0.1) is 6.29 Å². The number of nitrogens with one attached hydrogen (secondary N) is 1. The van der Waals surface area contributed by atoms with Crippen molar-refractivity contribution in [2.75, 3.05) is 19.1 Å². The van der Waals surface area contributed by atoms with Gasteiger partial charge in [-0.25, -0.2) is 0 Å². The normalized spacial score (nSPS) is 13.4. The van der Waals surface area contributed by atoms with E-state index in [-0.39, 0.29) is 12.2 Å². The van der Waals surface area contributed by atoms with Crippen molar-refractivity contribution in [2.24, 2.45) is 5.92 Å². The first-order chi connectivity index (χ1) is 13.2. The molecule has 0 aliphatic heterocycles. The molecule has 6 heteroatoms. The average Bonchev–Trinajstić information content (AvgIpc) is 2.68. The van der Waals surface area contributed by atoms with E-state index in [0.717, 1.165) is 12.8 Å². The molecule has 2 rings (SSSR count). The Kier molecular flexibility index (Phi) is 10.8. The van der Waals surface area contributed by atoms with Crippen LogP contribution < -0.4 is 5.32 Å². The van der Waals surface area contributed by atoms with Gasteiger partial charge in [0.2, 0.25) is 0 Å². The van der Waals surface area contributed by atoms with Crippen LogP contribution in [0.1, 0.15) is 47.4 Å². The fourth-order valence-corrected chi connectivity index (χ4v) is 5.04.